The van der Waals surface area contributed by atoms with Crippen LogP contribution in [0.5, 0.6) is 5.75 Å². The number of phenolic OH excluding ortho intramolecular Hbond substituents is 1. The lowest BCUT2D eigenvalue weighted by molar-refractivity contribution is 0.0705. The molecule has 15 heavy (non-hydrogen) atoms. The Labute approximate surface area is 87.8 Å². The number of hydrogen-bond donors (Lipinski definition) is 2. The molecule has 4 nitrogen and oxygen atoms in total. The molecule has 4 heteroatoms. The number of rotatable bonds is 2. The second-order valence-corrected chi connectivity index (χ2v) is 3.61. The van der Waals surface area contributed by atoms with Gasteiger partial charge in [-0.3, -0.25) is 4.79 Å². The molecule has 0 radical (unpaired) electrons. The predicted octanol–water partition coefficient (Wildman–Crippen LogP) is 0.383. The molecular weight excluding hydrogens is 194 g/mol. The topological polar surface area (TPSA) is 60.8 Å². The molecule has 0 saturated carbocycles. The first-order valence-corrected chi connectivity index (χ1v) is 4.94. The third-order valence-electron chi connectivity index (χ3n) is 2.63. The van der Waals surface area contributed by atoms with Crippen molar-refractivity contribution >= 4 is 5.91 Å². The summed E-state index contributed by atoms with van der Waals surface area (Å²) < 4.78 is 0. The summed E-state index contributed by atoms with van der Waals surface area (Å²) in [4.78, 5) is 13.5. The summed E-state index contributed by atoms with van der Waals surface area (Å²) in [5, 5.41) is 18.1. The number of aromatic hydroxyl groups is 1. The van der Waals surface area contributed by atoms with Crippen molar-refractivity contribution in [3.8, 4) is 5.75 Å². The van der Waals surface area contributed by atoms with E-state index >= 15 is 0 Å². The van der Waals surface area contributed by atoms with Crippen LogP contribution in [-0.2, 0) is 6.42 Å². The normalized spacial score (nSPS) is 15.3. The van der Waals surface area contributed by atoms with Crippen LogP contribution in [0.15, 0.2) is 18.2 Å². The fourth-order valence-corrected chi connectivity index (χ4v) is 1.86. The van der Waals surface area contributed by atoms with Gasteiger partial charge in [0.2, 0.25) is 0 Å². The maximum Gasteiger partial charge on any atom is 0.254 e. The number of carbonyl (C=O) groups is 1. The minimum absolute atomic E-state index is 0.0147. The zero-order chi connectivity index (χ0) is 10.8. The van der Waals surface area contributed by atoms with Crippen LogP contribution >= 0.6 is 0 Å². The van der Waals surface area contributed by atoms with Gasteiger partial charge in [0, 0.05) is 18.7 Å². The van der Waals surface area contributed by atoms with Crippen molar-refractivity contribution in [3.63, 3.8) is 0 Å². The summed E-state index contributed by atoms with van der Waals surface area (Å²) in [7, 11) is 0. The Bertz CT molecular complexity index is 389. The van der Waals surface area contributed by atoms with Crippen molar-refractivity contribution in [1.29, 1.82) is 0 Å². The fraction of sp³-hybridized carbons (Fsp3) is 0.364. The van der Waals surface area contributed by atoms with Gasteiger partial charge in [-0.05, 0) is 30.2 Å². The number of β-amino-alcohol motifs (C(OH)–C–C–N with tert-alkyl or cyclic N) is 1. The van der Waals surface area contributed by atoms with E-state index in [-0.39, 0.29) is 18.3 Å². The molecule has 0 unspecified atom stereocenters. The van der Waals surface area contributed by atoms with Crippen LogP contribution < -0.4 is 0 Å². The molecular formula is C11H13NO3. The molecule has 1 aliphatic heterocycles. The monoisotopic (exact) mass is 207 g/mol. The van der Waals surface area contributed by atoms with Crippen LogP contribution in [0.2, 0.25) is 0 Å². The summed E-state index contributed by atoms with van der Waals surface area (Å²) in [6.45, 7) is 0.966. The van der Waals surface area contributed by atoms with E-state index in [0.29, 0.717) is 18.7 Å². The van der Waals surface area contributed by atoms with Crippen molar-refractivity contribution in [1.82, 2.24) is 4.90 Å². The Morgan fingerprint density at radius 3 is 2.93 bits per heavy atom. The zero-order valence-corrected chi connectivity index (χ0v) is 8.31. The first-order valence-electron chi connectivity index (χ1n) is 4.94. The van der Waals surface area contributed by atoms with E-state index in [1.807, 2.05) is 0 Å². The molecule has 1 aromatic rings. The van der Waals surface area contributed by atoms with E-state index in [9.17, 15) is 9.90 Å². The second-order valence-electron chi connectivity index (χ2n) is 3.61. The van der Waals surface area contributed by atoms with Gasteiger partial charge in [-0.1, -0.05) is 0 Å². The Kier molecular flexibility index (Phi) is 2.60. The molecule has 0 aliphatic carbocycles. The Balaban J connectivity index is 2.30. The van der Waals surface area contributed by atoms with Crippen LogP contribution in [0, 0.1) is 0 Å². The smallest absolute Gasteiger partial charge is 0.254 e. The van der Waals surface area contributed by atoms with E-state index < -0.39 is 0 Å². The van der Waals surface area contributed by atoms with Crippen molar-refractivity contribution in [2.24, 2.45) is 0 Å². The molecule has 0 bridgehead atoms. The van der Waals surface area contributed by atoms with E-state index in [0.717, 1.165) is 12.0 Å². The number of carbonyl (C=O) groups excluding carboxylic acids is 1. The zero-order valence-electron chi connectivity index (χ0n) is 8.31. The summed E-state index contributed by atoms with van der Waals surface area (Å²) in [6, 6.07) is 4.78. The first-order chi connectivity index (χ1) is 7.22. The van der Waals surface area contributed by atoms with Crippen LogP contribution in [0.25, 0.3) is 0 Å². The Morgan fingerprint density at radius 2 is 2.20 bits per heavy atom. The van der Waals surface area contributed by atoms with Gasteiger partial charge in [-0.2, -0.15) is 0 Å². The maximum absolute atomic E-state index is 11.9. The highest BCUT2D eigenvalue weighted by Gasteiger charge is 2.23. The van der Waals surface area contributed by atoms with Crippen molar-refractivity contribution in [2.75, 3.05) is 19.7 Å². The van der Waals surface area contributed by atoms with Crippen LogP contribution in [0.1, 0.15) is 15.9 Å². The SMILES string of the molecule is O=C1c2ccc(O)cc2CCN1CCO. The van der Waals surface area contributed by atoms with Gasteiger partial charge in [-0.15, -0.1) is 0 Å². The largest absolute Gasteiger partial charge is 0.508 e. The Hall–Kier alpha value is -1.55. The molecule has 1 amide bonds. The molecule has 2 rings (SSSR count). The number of benzene rings is 1. The second kappa shape index (κ2) is 3.90. The molecule has 0 atom stereocenters. The van der Waals surface area contributed by atoms with Gasteiger partial charge in [0.15, 0.2) is 0 Å². The van der Waals surface area contributed by atoms with Crippen LogP contribution in [0.4, 0.5) is 0 Å². The van der Waals surface area contributed by atoms with E-state index in [2.05, 4.69) is 0 Å². The predicted molar refractivity (Wildman–Crippen MR) is 54.8 cm³/mol. The lowest BCUT2D eigenvalue weighted by atomic mass is 9.99. The average molecular weight is 207 g/mol. The number of hydrogen-bond acceptors (Lipinski definition) is 3. The first kappa shape index (κ1) is 9.98. The van der Waals surface area contributed by atoms with Crippen LogP contribution in [0.3, 0.4) is 0 Å². The molecule has 1 aromatic carbocycles. The number of fused-ring (bicyclic) bond motifs is 1. The number of aliphatic hydroxyl groups is 1. The molecule has 0 fully saturated rings. The van der Waals surface area contributed by atoms with E-state index in [4.69, 9.17) is 5.11 Å². The van der Waals surface area contributed by atoms with E-state index in [1.165, 1.54) is 6.07 Å². The molecule has 0 spiro atoms. The summed E-state index contributed by atoms with van der Waals surface area (Å²) in [6.07, 6.45) is 0.732. The van der Waals surface area contributed by atoms with E-state index in [1.54, 1.807) is 17.0 Å². The van der Waals surface area contributed by atoms with Gasteiger partial charge >= 0.3 is 0 Å². The standard InChI is InChI=1S/C11H13NO3/c13-6-5-12-4-3-8-7-9(14)1-2-10(8)11(12)15/h1-2,7,13-14H,3-6H2. The number of amides is 1. The molecule has 0 saturated heterocycles. The third-order valence-corrected chi connectivity index (χ3v) is 2.63. The fourth-order valence-electron chi connectivity index (χ4n) is 1.86. The third kappa shape index (κ3) is 1.80. The maximum atomic E-state index is 11.9. The summed E-state index contributed by atoms with van der Waals surface area (Å²) in [5.74, 6) is 0.127. The molecule has 2 N–H and O–H groups in total. The van der Waals surface area contributed by atoms with Gasteiger partial charge < -0.3 is 15.1 Å². The molecule has 1 heterocycles. The quantitative estimate of drug-likeness (QED) is 0.737. The lowest BCUT2D eigenvalue weighted by Crippen LogP contribution is -2.39. The summed E-state index contributed by atoms with van der Waals surface area (Å²) >= 11 is 0. The molecule has 1 aliphatic rings. The number of phenols is 1. The van der Waals surface area contributed by atoms with Gasteiger partial charge in [0.1, 0.15) is 5.75 Å². The van der Waals surface area contributed by atoms with Crippen molar-refractivity contribution in [3.05, 3.63) is 29.3 Å². The lowest BCUT2D eigenvalue weighted by Gasteiger charge is -2.27. The molecule has 80 valence electrons. The van der Waals surface area contributed by atoms with Crippen molar-refractivity contribution < 1.29 is 15.0 Å². The highest BCUT2D eigenvalue weighted by Crippen LogP contribution is 2.22. The van der Waals surface area contributed by atoms with Gasteiger partial charge in [-0.25, -0.2) is 0 Å². The van der Waals surface area contributed by atoms with Gasteiger partial charge in [0.05, 0.1) is 6.61 Å². The highest BCUT2D eigenvalue weighted by atomic mass is 16.3. The minimum atomic E-state index is -0.0645. The van der Waals surface area contributed by atoms with Gasteiger partial charge in [0.25, 0.3) is 5.91 Å². The number of nitrogens with zero attached hydrogens (tertiary/aromatic N) is 1. The average Bonchev–Trinajstić information content (AvgIpc) is 2.22. The number of aliphatic hydroxyl groups excluding tert-OH is 1. The molecule has 0 aromatic heterocycles. The van der Waals surface area contributed by atoms with Crippen molar-refractivity contribution in [2.45, 2.75) is 6.42 Å². The Morgan fingerprint density at radius 1 is 1.40 bits per heavy atom. The minimum Gasteiger partial charge on any atom is -0.508 e. The summed E-state index contributed by atoms with van der Waals surface area (Å²) in [5.41, 5.74) is 1.52. The van der Waals surface area contributed by atoms with Crippen LogP contribution in [-0.4, -0.2) is 40.7 Å². The highest BCUT2D eigenvalue weighted by molar-refractivity contribution is 5.96.